The molecule has 0 aliphatic carbocycles. The molecule has 2 N–H and O–H groups in total. The highest BCUT2D eigenvalue weighted by molar-refractivity contribution is 6.33. The largest absolute Gasteiger partial charge is 0.497 e. The lowest BCUT2D eigenvalue weighted by Gasteiger charge is -2.08. The minimum atomic E-state index is -0.505. The highest BCUT2D eigenvalue weighted by Gasteiger charge is 2.18. The molecular weight excluding hydrogens is 284 g/mol. The van der Waals surface area contributed by atoms with Crippen molar-refractivity contribution in [3.8, 4) is 22.8 Å². The fraction of sp³-hybridized carbons (Fsp3) is 0.0833. The average Bonchev–Trinajstić information content (AvgIpc) is 2.88. The van der Waals surface area contributed by atoms with Gasteiger partial charge in [-0.1, -0.05) is 11.6 Å². The van der Waals surface area contributed by atoms with Crippen molar-refractivity contribution in [1.82, 2.24) is 19.6 Å². The number of nitrogens with zero attached hydrogens (tertiary/aromatic N) is 3. The molecule has 8 heteroatoms. The Morgan fingerprint density at radius 3 is 2.95 bits per heavy atom. The standard InChI is InChI=1S/C12H9ClN4O3/c1-20-6-2-3-7(8(13)4-6)9-10(18)16-12-14-5-15-17(12)11(9)19/h2-5,19H,1H3,(H,14,15,16,18). The zero-order valence-corrected chi connectivity index (χ0v) is 11.0. The highest BCUT2D eigenvalue weighted by Crippen LogP contribution is 2.33. The molecule has 0 aliphatic rings. The first-order chi connectivity index (χ1) is 9.61. The van der Waals surface area contributed by atoms with Crippen LogP contribution in [0.2, 0.25) is 5.02 Å². The van der Waals surface area contributed by atoms with Gasteiger partial charge in [0.25, 0.3) is 5.56 Å². The molecule has 0 radical (unpaired) electrons. The van der Waals surface area contributed by atoms with Gasteiger partial charge in [-0.15, -0.1) is 0 Å². The van der Waals surface area contributed by atoms with E-state index in [1.165, 1.54) is 13.4 Å². The first-order valence-corrected chi connectivity index (χ1v) is 5.98. The lowest BCUT2D eigenvalue weighted by molar-refractivity contribution is 0.415. The molecule has 0 unspecified atom stereocenters. The Hall–Kier alpha value is -2.54. The summed E-state index contributed by atoms with van der Waals surface area (Å²) in [6.07, 6.45) is 1.23. The van der Waals surface area contributed by atoms with E-state index in [0.717, 1.165) is 4.52 Å². The number of hydrogen-bond donors (Lipinski definition) is 2. The fourth-order valence-corrected chi connectivity index (χ4v) is 2.19. The molecular formula is C12H9ClN4O3. The van der Waals surface area contributed by atoms with Gasteiger partial charge in [0.2, 0.25) is 11.7 Å². The molecule has 0 saturated carbocycles. The summed E-state index contributed by atoms with van der Waals surface area (Å²) in [5.74, 6) is 0.380. The first kappa shape index (κ1) is 12.5. The van der Waals surface area contributed by atoms with Crippen LogP contribution in [0.4, 0.5) is 0 Å². The van der Waals surface area contributed by atoms with Crippen LogP contribution >= 0.6 is 11.6 Å². The van der Waals surface area contributed by atoms with Gasteiger partial charge in [-0.05, 0) is 18.2 Å². The van der Waals surface area contributed by atoms with E-state index in [9.17, 15) is 9.90 Å². The second kappa shape index (κ2) is 4.53. The van der Waals surface area contributed by atoms with E-state index in [2.05, 4.69) is 15.1 Å². The maximum absolute atomic E-state index is 12.1. The number of rotatable bonds is 2. The van der Waals surface area contributed by atoms with Crippen LogP contribution in [0.5, 0.6) is 11.6 Å². The van der Waals surface area contributed by atoms with E-state index in [1.54, 1.807) is 18.2 Å². The maximum Gasteiger partial charge on any atom is 0.264 e. The third-order valence-electron chi connectivity index (χ3n) is 2.87. The second-order valence-electron chi connectivity index (χ2n) is 3.99. The number of nitrogens with one attached hydrogen (secondary N) is 1. The summed E-state index contributed by atoms with van der Waals surface area (Å²) in [5, 5.41) is 14.3. The smallest absolute Gasteiger partial charge is 0.264 e. The Morgan fingerprint density at radius 2 is 2.25 bits per heavy atom. The van der Waals surface area contributed by atoms with Gasteiger partial charge < -0.3 is 9.84 Å². The van der Waals surface area contributed by atoms with Gasteiger partial charge in [0, 0.05) is 5.56 Å². The van der Waals surface area contributed by atoms with Gasteiger partial charge in [0.1, 0.15) is 17.6 Å². The minimum absolute atomic E-state index is 0.0238. The second-order valence-corrected chi connectivity index (χ2v) is 4.40. The summed E-state index contributed by atoms with van der Waals surface area (Å²) in [4.78, 5) is 18.4. The van der Waals surface area contributed by atoms with Gasteiger partial charge in [0.05, 0.1) is 12.1 Å². The van der Waals surface area contributed by atoms with Crippen molar-refractivity contribution >= 4 is 17.4 Å². The normalized spacial score (nSPS) is 10.9. The minimum Gasteiger partial charge on any atom is -0.497 e. The molecule has 7 nitrogen and oxygen atoms in total. The number of halogens is 1. The van der Waals surface area contributed by atoms with Crippen molar-refractivity contribution in [3.63, 3.8) is 0 Å². The number of hydrogen-bond acceptors (Lipinski definition) is 5. The van der Waals surface area contributed by atoms with Crippen LogP contribution in [-0.4, -0.2) is 31.8 Å². The van der Waals surface area contributed by atoms with E-state index in [-0.39, 0.29) is 22.2 Å². The topological polar surface area (TPSA) is 92.5 Å². The number of aromatic nitrogens is 4. The van der Waals surface area contributed by atoms with Crippen LogP contribution in [0.25, 0.3) is 16.9 Å². The van der Waals surface area contributed by atoms with Crippen LogP contribution in [-0.2, 0) is 0 Å². The number of benzene rings is 1. The lowest BCUT2D eigenvalue weighted by Crippen LogP contribution is -2.13. The van der Waals surface area contributed by atoms with Crippen molar-refractivity contribution in [1.29, 1.82) is 0 Å². The van der Waals surface area contributed by atoms with Gasteiger partial charge in [-0.3, -0.25) is 9.78 Å². The summed E-state index contributed by atoms with van der Waals surface area (Å²) >= 11 is 6.12. The number of aromatic amines is 1. The molecule has 0 saturated heterocycles. The van der Waals surface area contributed by atoms with Crippen LogP contribution < -0.4 is 10.3 Å². The molecule has 3 rings (SSSR count). The van der Waals surface area contributed by atoms with E-state index < -0.39 is 5.56 Å². The summed E-state index contributed by atoms with van der Waals surface area (Å²) in [6.45, 7) is 0. The van der Waals surface area contributed by atoms with Crippen LogP contribution in [0.15, 0.2) is 29.3 Å². The molecule has 20 heavy (non-hydrogen) atoms. The van der Waals surface area contributed by atoms with Crippen LogP contribution in [0.1, 0.15) is 0 Å². The summed E-state index contributed by atoms with van der Waals surface area (Å²) in [6, 6.07) is 4.79. The Kier molecular flexibility index (Phi) is 2.83. The predicted molar refractivity (Wildman–Crippen MR) is 72.3 cm³/mol. The molecule has 0 bridgehead atoms. The molecule has 2 heterocycles. The van der Waals surface area contributed by atoms with Crippen molar-refractivity contribution in [2.24, 2.45) is 0 Å². The monoisotopic (exact) mass is 292 g/mol. The lowest BCUT2D eigenvalue weighted by atomic mass is 10.1. The Labute approximate surface area is 117 Å². The Balaban J connectivity index is 2.31. The SMILES string of the molecule is COc1ccc(-c2c(O)n3ncnc3[nH]c2=O)c(Cl)c1. The van der Waals surface area contributed by atoms with E-state index in [1.807, 2.05) is 0 Å². The number of methoxy groups -OCH3 is 1. The third-order valence-corrected chi connectivity index (χ3v) is 3.18. The van der Waals surface area contributed by atoms with Gasteiger partial charge in [-0.2, -0.15) is 14.6 Å². The van der Waals surface area contributed by atoms with Crippen molar-refractivity contribution < 1.29 is 9.84 Å². The molecule has 102 valence electrons. The zero-order valence-electron chi connectivity index (χ0n) is 10.3. The third kappa shape index (κ3) is 1.79. The summed E-state index contributed by atoms with van der Waals surface area (Å²) in [5.41, 5.74) is -0.102. The van der Waals surface area contributed by atoms with Gasteiger partial charge >= 0.3 is 0 Å². The molecule has 1 aromatic carbocycles. The summed E-state index contributed by atoms with van der Waals surface area (Å²) < 4.78 is 6.17. The van der Waals surface area contributed by atoms with E-state index >= 15 is 0 Å². The maximum atomic E-state index is 12.1. The Morgan fingerprint density at radius 1 is 1.45 bits per heavy atom. The van der Waals surface area contributed by atoms with Crippen molar-refractivity contribution in [2.75, 3.05) is 7.11 Å². The summed E-state index contributed by atoms with van der Waals surface area (Å²) in [7, 11) is 1.51. The zero-order chi connectivity index (χ0) is 14.3. The molecule has 0 atom stereocenters. The molecule has 2 aromatic heterocycles. The predicted octanol–water partition coefficient (Wildman–Crippen LogP) is 1.45. The first-order valence-electron chi connectivity index (χ1n) is 5.60. The van der Waals surface area contributed by atoms with Gasteiger partial charge in [0.15, 0.2) is 0 Å². The molecule has 0 amide bonds. The number of fused-ring (bicyclic) bond motifs is 1. The van der Waals surface area contributed by atoms with E-state index in [0.29, 0.717) is 11.3 Å². The fourth-order valence-electron chi connectivity index (χ4n) is 1.92. The van der Waals surface area contributed by atoms with Crippen molar-refractivity contribution in [2.45, 2.75) is 0 Å². The Bertz CT molecular complexity index is 856. The average molecular weight is 293 g/mol. The van der Waals surface area contributed by atoms with Crippen LogP contribution in [0, 0.1) is 0 Å². The van der Waals surface area contributed by atoms with Crippen molar-refractivity contribution in [3.05, 3.63) is 39.9 Å². The number of H-pyrrole nitrogens is 1. The molecule has 0 fully saturated rings. The molecule has 0 spiro atoms. The van der Waals surface area contributed by atoms with Gasteiger partial charge in [-0.25, -0.2) is 0 Å². The quantitative estimate of drug-likeness (QED) is 0.746. The molecule has 3 aromatic rings. The molecule has 0 aliphatic heterocycles. The highest BCUT2D eigenvalue weighted by atomic mass is 35.5. The number of aromatic hydroxyl groups is 1. The number of ether oxygens (including phenoxy) is 1. The van der Waals surface area contributed by atoms with Crippen LogP contribution in [0.3, 0.4) is 0 Å². The van der Waals surface area contributed by atoms with E-state index in [4.69, 9.17) is 16.3 Å².